The van der Waals surface area contributed by atoms with Crippen LogP contribution in [0.4, 0.5) is 4.39 Å². The van der Waals surface area contributed by atoms with Crippen molar-refractivity contribution in [1.29, 1.82) is 0 Å². The molecular formula is C11H20FNO2. The highest BCUT2D eigenvalue weighted by atomic mass is 19.1. The van der Waals surface area contributed by atoms with Gasteiger partial charge in [-0.2, -0.15) is 0 Å². The zero-order chi connectivity index (χ0) is 11.7. The first-order chi connectivity index (χ1) is 6.76. The van der Waals surface area contributed by atoms with Gasteiger partial charge in [-0.1, -0.05) is 0 Å². The molecule has 1 aliphatic rings. The van der Waals surface area contributed by atoms with Crippen LogP contribution in [-0.2, 0) is 4.79 Å². The maximum absolute atomic E-state index is 13.9. The smallest absolute Gasteiger partial charge is 0.341 e. The number of nitrogens with zero attached hydrogens (tertiary/aromatic N) is 1. The quantitative estimate of drug-likeness (QED) is 0.731. The molecule has 88 valence electrons. The molecule has 0 aromatic carbocycles. The van der Waals surface area contributed by atoms with Gasteiger partial charge in [0.25, 0.3) is 0 Å². The Labute approximate surface area is 90.3 Å². The molecule has 1 unspecified atom stereocenters. The first-order valence-corrected chi connectivity index (χ1v) is 5.43. The van der Waals surface area contributed by atoms with Crippen LogP contribution in [-0.4, -0.2) is 40.3 Å². The maximum atomic E-state index is 13.9. The molecule has 0 aromatic heterocycles. The molecule has 1 aliphatic heterocycles. The summed E-state index contributed by atoms with van der Waals surface area (Å²) in [5.74, 6) is -1.31. The van der Waals surface area contributed by atoms with Crippen molar-refractivity contribution in [3.63, 3.8) is 0 Å². The van der Waals surface area contributed by atoms with Crippen molar-refractivity contribution in [2.24, 2.45) is 0 Å². The zero-order valence-corrected chi connectivity index (χ0v) is 9.72. The van der Waals surface area contributed by atoms with E-state index in [0.29, 0.717) is 13.0 Å². The highest BCUT2D eigenvalue weighted by Crippen LogP contribution is 2.29. The normalized spacial score (nSPS) is 29.9. The van der Waals surface area contributed by atoms with Crippen molar-refractivity contribution >= 4 is 5.97 Å². The van der Waals surface area contributed by atoms with Gasteiger partial charge < -0.3 is 5.11 Å². The van der Waals surface area contributed by atoms with E-state index in [2.05, 4.69) is 25.7 Å². The second-order valence-corrected chi connectivity index (χ2v) is 5.28. The summed E-state index contributed by atoms with van der Waals surface area (Å²) in [5, 5.41) is 8.82. The lowest BCUT2D eigenvalue weighted by Gasteiger charge is -2.34. The van der Waals surface area contributed by atoms with Crippen LogP contribution in [0.1, 0.15) is 40.0 Å². The average Bonchev–Trinajstić information content (AvgIpc) is 2.26. The molecule has 1 heterocycles. The van der Waals surface area contributed by atoms with Crippen LogP contribution in [0.15, 0.2) is 0 Å². The molecule has 3 nitrogen and oxygen atoms in total. The van der Waals surface area contributed by atoms with Gasteiger partial charge in [-0.25, -0.2) is 9.18 Å². The number of alkyl halides is 1. The van der Waals surface area contributed by atoms with Crippen LogP contribution in [0.25, 0.3) is 0 Å². The molecule has 1 atom stereocenters. The van der Waals surface area contributed by atoms with Crippen molar-refractivity contribution in [3.8, 4) is 0 Å². The Bertz CT molecular complexity index is 249. The van der Waals surface area contributed by atoms with Gasteiger partial charge in [0, 0.05) is 18.5 Å². The first kappa shape index (κ1) is 12.4. The van der Waals surface area contributed by atoms with E-state index < -0.39 is 11.6 Å². The predicted octanol–water partition coefficient (Wildman–Crippen LogP) is 2.06. The number of carboxylic acid groups (broad SMARTS) is 1. The van der Waals surface area contributed by atoms with Gasteiger partial charge in [0.05, 0.1) is 0 Å². The lowest BCUT2D eigenvalue weighted by molar-refractivity contribution is -0.151. The maximum Gasteiger partial charge on any atom is 0.341 e. The van der Waals surface area contributed by atoms with Gasteiger partial charge in [-0.15, -0.1) is 0 Å². The predicted molar refractivity (Wildman–Crippen MR) is 56.7 cm³/mol. The fourth-order valence-corrected chi connectivity index (χ4v) is 1.98. The van der Waals surface area contributed by atoms with Crippen LogP contribution in [0, 0.1) is 0 Å². The summed E-state index contributed by atoms with van der Waals surface area (Å²) in [7, 11) is 0. The zero-order valence-electron chi connectivity index (χ0n) is 9.72. The first-order valence-electron chi connectivity index (χ1n) is 5.43. The van der Waals surface area contributed by atoms with Crippen molar-refractivity contribution < 1.29 is 14.3 Å². The van der Waals surface area contributed by atoms with Gasteiger partial charge in [-0.3, -0.25) is 4.90 Å². The highest BCUT2D eigenvalue weighted by Gasteiger charge is 2.41. The molecule has 0 amide bonds. The molecule has 1 N–H and O–H groups in total. The molecule has 0 spiro atoms. The molecular weight excluding hydrogens is 197 g/mol. The van der Waals surface area contributed by atoms with Gasteiger partial charge in [-0.05, 0) is 40.2 Å². The second kappa shape index (κ2) is 4.08. The molecule has 0 aromatic rings. The van der Waals surface area contributed by atoms with E-state index in [-0.39, 0.29) is 18.4 Å². The molecule has 15 heavy (non-hydrogen) atoms. The van der Waals surface area contributed by atoms with Crippen LogP contribution in [0.2, 0.25) is 0 Å². The largest absolute Gasteiger partial charge is 0.479 e. The van der Waals surface area contributed by atoms with E-state index >= 15 is 0 Å². The molecule has 4 heteroatoms. The third-order valence-electron chi connectivity index (χ3n) is 3.11. The van der Waals surface area contributed by atoms with E-state index in [0.717, 1.165) is 6.54 Å². The number of rotatable bonds is 1. The minimum Gasteiger partial charge on any atom is -0.479 e. The van der Waals surface area contributed by atoms with Gasteiger partial charge in [0.2, 0.25) is 5.67 Å². The third kappa shape index (κ3) is 2.91. The van der Waals surface area contributed by atoms with Crippen molar-refractivity contribution in [3.05, 3.63) is 0 Å². The number of likely N-dealkylation sites (tertiary alicyclic amines) is 1. The number of halogens is 1. The van der Waals surface area contributed by atoms with Gasteiger partial charge in [0.15, 0.2) is 0 Å². The monoisotopic (exact) mass is 217 g/mol. The highest BCUT2D eigenvalue weighted by molar-refractivity contribution is 5.77. The Morgan fingerprint density at radius 1 is 1.33 bits per heavy atom. The van der Waals surface area contributed by atoms with Crippen molar-refractivity contribution in [2.75, 3.05) is 13.1 Å². The number of carbonyl (C=O) groups is 1. The van der Waals surface area contributed by atoms with Crippen LogP contribution >= 0.6 is 0 Å². The molecule has 0 bridgehead atoms. The van der Waals surface area contributed by atoms with Crippen LogP contribution in [0.5, 0.6) is 0 Å². The Balaban J connectivity index is 2.68. The third-order valence-corrected chi connectivity index (χ3v) is 3.11. The fourth-order valence-electron chi connectivity index (χ4n) is 1.98. The summed E-state index contributed by atoms with van der Waals surface area (Å²) in [6, 6.07) is 0. The SMILES string of the molecule is CC(C)(C)N1CCCC(F)(C(=O)O)CC1. The molecule has 1 saturated heterocycles. The Morgan fingerprint density at radius 2 is 1.93 bits per heavy atom. The fraction of sp³-hybridized carbons (Fsp3) is 0.909. The molecule has 0 radical (unpaired) electrons. The minimum atomic E-state index is -2.01. The average molecular weight is 217 g/mol. The van der Waals surface area contributed by atoms with Crippen LogP contribution in [0.3, 0.4) is 0 Å². The van der Waals surface area contributed by atoms with E-state index in [1.165, 1.54) is 0 Å². The summed E-state index contributed by atoms with van der Waals surface area (Å²) >= 11 is 0. The summed E-state index contributed by atoms with van der Waals surface area (Å²) in [5.41, 5.74) is -2.02. The summed E-state index contributed by atoms with van der Waals surface area (Å²) in [6.07, 6.45) is 0.842. The minimum absolute atomic E-state index is 0.0102. The van der Waals surface area contributed by atoms with E-state index in [4.69, 9.17) is 5.11 Å². The number of aliphatic carboxylic acids is 1. The van der Waals surface area contributed by atoms with Crippen molar-refractivity contribution in [1.82, 2.24) is 4.90 Å². The topological polar surface area (TPSA) is 40.5 Å². The molecule has 1 rings (SSSR count). The second-order valence-electron chi connectivity index (χ2n) is 5.28. The molecule has 0 saturated carbocycles. The molecule has 1 fully saturated rings. The summed E-state index contributed by atoms with van der Waals surface area (Å²) in [6.45, 7) is 7.51. The number of hydrogen-bond donors (Lipinski definition) is 1. The molecule has 0 aliphatic carbocycles. The van der Waals surface area contributed by atoms with Gasteiger partial charge >= 0.3 is 5.97 Å². The lowest BCUT2D eigenvalue weighted by Crippen LogP contribution is -2.43. The standard InChI is InChI=1S/C11H20FNO2/c1-10(2,3)13-7-4-5-11(12,6-8-13)9(14)15/h4-8H2,1-3H3,(H,14,15). The lowest BCUT2D eigenvalue weighted by atomic mass is 9.97. The van der Waals surface area contributed by atoms with E-state index in [9.17, 15) is 9.18 Å². The van der Waals surface area contributed by atoms with E-state index in [1.807, 2.05) is 0 Å². The summed E-state index contributed by atoms with van der Waals surface area (Å²) < 4.78 is 13.9. The number of hydrogen-bond acceptors (Lipinski definition) is 2. The summed E-state index contributed by atoms with van der Waals surface area (Å²) in [4.78, 5) is 12.9. The van der Waals surface area contributed by atoms with Crippen molar-refractivity contribution in [2.45, 2.75) is 51.2 Å². The Hall–Kier alpha value is -0.640. The van der Waals surface area contributed by atoms with Crippen LogP contribution < -0.4 is 0 Å². The van der Waals surface area contributed by atoms with E-state index in [1.54, 1.807) is 0 Å². The number of carboxylic acids is 1. The Kier molecular flexibility index (Phi) is 3.38. The Morgan fingerprint density at radius 3 is 2.40 bits per heavy atom. The van der Waals surface area contributed by atoms with Gasteiger partial charge in [0.1, 0.15) is 0 Å².